The van der Waals surface area contributed by atoms with E-state index in [0.29, 0.717) is 11.5 Å². The fourth-order valence-corrected chi connectivity index (χ4v) is 1.98. The lowest BCUT2D eigenvalue weighted by atomic mass is 10.2. The van der Waals surface area contributed by atoms with E-state index in [-0.39, 0.29) is 6.54 Å². The lowest BCUT2D eigenvalue weighted by Crippen LogP contribution is -2.38. The second-order valence-electron chi connectivity index (χ2n) is 5.38. The van der Waals surface area contributed by atoms with Crippen LogP contribution in [0, 0.1) is 0 Å². The van der Waals surface area contributed by atoms with Gasteiger partial charge in [0.2, 0.25) is 0 Å². The first-order valence-electron chi connectivity index (χ1n) is 6.14. The van der Waals surface area contributed by atoms with Crippen molar-refractivity contribution in [3.8, 4) is 0 Å². The van der Waals surface area contributed by atoms with Crippen LogP contribution in [0.2, 0.25) is 0 Å². The molecule has 108 valence electrons. The Morgan fingerprint density at radius 3 is 2.65 bits per heavy atom. The summed E-state index contributed by atoms with van der Waals surface area (Å²) in [4.78, 5) is 8.31. The Morgan fingerprint density at radius 2 is 2.00 bits per heavy atom. The highest BCUT2D eigenvalue weighted by atomic mass is 32.2. The molecule has 0 saturated carbocycles. The summed E-state index contributed by atoms with van der Waals surface area (Å²) in [5, 5.41) is 3.85. The Labute approximate surface area is 118 Å². The molecule has 7 heteroatoms. The van der Waals surface area contributed by atoms with Gasteiger partial charge in [0.25, 0.3) is 0 Å². The Morgan fingerprint density at radius 1 is 1.30 bits per heavy atom. The summed E-state index contributed by atoms with van der Waals surface area (Å²) in [5.74, 6) is 0.582. The molecule has 0 bridgehead atoms. The number of nitrogens with two attached hydrogens (primary N) is 1. The van der Waals surface area contributed by atoms with E-state index in [1.165, 1.54) is 12.6 Å². The smallest absolute Gasteiger partial charge is 0.154 e. The monoisotopic (exact) mass is 294 g/mol. The van der Waals surface area contributed by atoms with E-state index in [1.54, 1.807) is 32.0 Å². The first-order chi connectivity index (χ1) is 9.21. The molecule has 0 fully saturated rings. The zero-order valence-electron chi connectivity index (χ0n) is 11.7. The number of benzene rings is 1. The minimum Gasteiger partial charge on any atom is -0.399 e. The van der Waals surface area contributed by atoms with E-state index in [9.17, 15) is 8.42 Å². The average Bonchev–Trinajstić information content (AvgIpc) is 2.35. The molecule has 0 amide bonds. The number of rotatable bonds is 4. The number of sulfone groups is 1. The summed E-state index contributed by atoms with van der Waals surface area (Å²) >= 11 is 0. The summed E-state index contributed by atoms with van der Waals surface area (Å²) in [6.45, 7) is 3.60. The van der Waals surface area contributed by atoms with E-state index < -0.39 is 14.6 Å². The second-order valence-corrected chi connectivity index (χ2v) is 8.03. The van der Waals surface area contributed by atoms with Crippen molar-refractivity contribution in [2.75, 3.05) is 23.9 Å². The van der Waals surface area contributed by atoms with Crippen molar-refractivity contribution < 1.29 is 8.42 Å². The van der Waals surface area contributed by atoms with Crippen LogP contribution in [0.25, 0.3) is 10.9 Å². The van der Waals surface area contributed by atoms with Gasteiger partial charge in [0.15, 0.2) is 9.84 Å². The standard InChI is InChI=1S/C13H18N4O2S/c1-13(2,20(3,18)19)7-15-12-10-6-9(14)4-5-11(10)16-8-17-12/h4-6,8H,7,14H2,1-3H3,(H,15,16,17). The van der Waals surface area contributed by atoms with Gasteiger partial charge in [-0.3, -0.25) is 0 Å². The number of hydrogen-bond acceptors (Lipinski definition) is 6. The SMILES string of the molecule is CC(C)(CNc1ncnc2ccc(N)cc12)S(C)(=O)=O. The first kappa shape index (κ1) is 14.5. The number of nitrogen functional groups attached to an aromatic ring is 1. The van der Waals surface area contributed by atoms with Crippen molar-refractivity contribution in [1.82, 2.24) is 9.97 Å². The summed E-state index contributed by atoms with van der Waals surface area (Å²) in [6.07, 6.45) is 2.67. The van der Waals surface area contributed by atoms with E-state index in [4.69, 9.17) is 5.73 Å². The van der Waals surface area contributed by atoms with Crippen LogP contribution in [0.1, 0.15) is 13.8 Å². The number of hydrogen-bond donors (Lipinski definition) is 2. The molecule has 1 heterocycles. The molecular formula is C13H18N4O2S. The first-order valence-corrected chi connectivity index (χ1v) is 8.03. The quantitative estimate of drug-likeness (QED) is 0.828. The van der Waals surface area contributed by atoms with Crippen LogP contribution in [0.3, 0.4) is 0 Å². The van der Waals surface area contributed by atoms with Crippen LogP contribution >= 0.6 is 0 Å². The fraction of sp³-hybridized carbons (Fsp3) is 0.385. The predicted octanol–water partition coefficient (Wildman–Crippen LogP) is 1.45. The third kappa shape index (κ3) is 2.82. The number of fused-ring (bicyclic) bond motifs is 1. The molecule has 0 spiro atoms. The van der Waals surface area contributed by atoms with Gasteiger partial charge in [-0.2, -0.15) is 0 Å². The molecule has 0 aliphatic carbocycles. The fourth-order valence-electron chi connectivity index (χ4n) is 1.64. The molecule has 0 radical (unpaired) electrons. The van der Waals surface area contributed by atoms with Gasteiger partial charge in [0.05, 0.1) is 10.3 Å². The third-order valence-electron chi connectivity index (χ3n) is 3.34. The molecule has 0 unspecified atom stereocenters. The van der Waals surface area contributed by atoms with E-state index in [1.807, 2.05) is 0 Å². The molecular weight excluding hydrogens is 276 g/mol. The van der Waals surface area contributed by atoms with Gasteiger partial charge in [0.1, 0.15) is 12.1 Å². The number of nitrogens with zero attached hydrogens (tertiary/aromatic N) is 2. The predicted molar refractivity (Wildman–Crippen MR) is 81.4 cm³/mol. The van der Waals surface area contributed by atoms with Crippen molar-refractivity contribution >= 4 is 32.2 Å². The molecule has 1 aromatic carbocycles. The lowest BCUT2D eigenvalue weighted by Gasteiger charge is -2.23. The van der Waals surface area contributed by atoms with Crippen LogP contribution in [0.4, 0.5) is 11.5 Å². The highest BCUT2D eigenvalue weighted by molar-refractivity contribution is 7.92. The van der Waals surface area contributed by atoms with Gasteiger partial charge in [0, 0.05) is 23.9 Å². The van der Waals surface area contributed by atoms with Crippen molar-refractivity contribution in [1.29, 1.82) is 0 Å². The normalized spacial score (nSPS) is 12.6. The molecule has 0 aliphatic heterocycles. The zero-order chi connectivity index (χ0) is 15.0. The maximum Gasteiger partial charge on any atom is 0.154 e. The van der Waals surface area contributed by atoms with Crippen molar-refractivity contribution in [2.45, 2.75) is 18.6 Å². The van der Waals surface area contributed by atoms with Crippen LogP contribution in [-0.2, 0) is 9.84 Å². The number of nitrogens with one attached hydrogen (secondary N) is 1. The lowest BCUT2D eigenvalue weighted by molar-refractivity contribution is 0.559. The summed E-state index contributed by atoms with van der Waals surface area (Å²) < 4.78 is 22.5. The summed E-state index contributed by atoms with van der Waals surface area (Å²) in [7, 11) is -3.16. The highest BCUT2D eigenvalue weighted by Gasteiger charge is 2.30. The van der Waals surface area contributed by atoms with E-state index in [0.717, 1.165) is 10.9 Å². The number of aromatic nitrogens is 2. The summed E-state index contributed by atoms with van der Waals surface area (Å²) in [6, 6.07) is 5.34. The Hall–Kier alpha value is -1.89. The molecule has 0 saturated heterocycles. The van der Waals surface area contributed by atoms with Gasteiger partial charge in [-0.25, -0.2) is 18.4 Å². The Balaban J connectivity index is 2.33. The van der Waals surface area contributed by atoms with Crippen LogP contribution in [0.5, 0.6) is 0 Å². The minimum absolute atomic E-state index is 0.257. The molecule has 3 N–H and O–H groups in total. The van der Waals surface area contributed by atoms with Crippen LogP contribution in [0.15, 0.2) is 24.5 Å². The maximum atomic E-state index is 11.7. The highest BCUT2D eigenvalue weighted by Crippen LogP contribution is 2.23. The van der Waals surface area contributed by atoms with Crippen molar-refractivity contribution in [3.63, 3.8) is 0 Å². The second kappa shape index (κ2) is 4.90. The Kier molecular flexibility index (Phi) is 3.56. The molecule has 2 aromatic rings. The molecule has 0 aliphatic rings. The summed E-state index contributed by atoms with van der Waals surface area (Å²) in [5.41, 5.74) is 7.13. The molecule has 1 aromatic heterocycles. The zero-order valence-corrected chi connectivity index (χ0v) is 12.5. The van der Waals surface area contributed by atoms with Crippen LogP contribution in [-0.4, -0.2) is 35.9 Å². The third-order valence-corrected chi connectivity index (χ3v) is 5.50. The molecule has 0 atom stereocenters. The van der Waals surface area contributed by atoms with E-state index in [2.05, 4.69) is 15.3 Å². The Bertz CT molecular complexity index is 741. The molecule has 2 rings (SSSR count). The van der Waals surface area contributed by atoms with Gasteiger partial charge in [-0.05, 0) is 32.0 Å². The van der Waals surface area contributed by atoms with E-state index >= 15 is 0 Å². The topological polar surface area (TPSA) is 98.0 Å². The molecule has 6 nitrogen and oxygen atoms in total. The maximum absolute atomic E-state index is 11.7. The largest absolute Gasteiger partial charge is 0.399 e. The average molecular weight is 294 g/mol. The minimum atomic E-state index is -3.16. The van der Waals surface area contributed by atoms with Gasteiger partial charge in [-0.1, -0.05) is 0 Å². The van der Waals surface area contributed by atoms with Gasteiger partial charge < -0.3 is 11.1 Å². The van der Waals surface area contributed by atoms with Crippen molar-refractivity contribution in [3.05, 3.63) is 24.5 Å². The van der Waals surface area contributed by atoms with Gasteiger partial charge in [-0.15, -0.1) is 0 Å². The molecule has 20 heavy (non-hydrogen) atoms. The van der Waals surface area contributed by atoms with Crippen molar-refractivity contribution in [2.24, 2.45) is 0 Å². The number of anilines is 2. The van der Waals surface area contributed by atoms with Crippen LogP contribution < -0.4 is 11.1 Å². The van der Waals surface area contributed by atoms with Gasteiger partial charge >= 0.3 is 0 Å².